The van der Waals surface area contributed by atoms with Crippen molar-refractivity contribution in [2.24, 2.45) is 0 Å². The molecule has 1 amide bonds. The average molecular weight is 399 g/mol. The van der Waals surface area contributed by atoms with Crippen molar-refractivity contribution in [3.05, 3.63) is 47.0 Å². The molecule has 3 N–H and O–H groups in total. The number of benzene rings is 2. The number of ether oxygens (including phenoxy) is 1. The quantitative estimate of drug-likeness (QED) is 0.551. The van der Waals surface area contributed by atoms with E-state index < -0.39 is 11.9 Å². The van der Waals surface area contributed by atoms with E-state index in [2.05, 4.69) is 5.32 Å². The minimum Gasteiger partial charge on any atom is -0.508 e. The van der Waals surface area contributed by atoms with Crippen LogP contribution in [0.25, 0.3) is 0 Å². The van der Waals surface area contributed by atoms with Gasteiger partial charge in [-0.2, -0.15) is 0 Å². The first-order valence-corrected chi connectivity index (χ1v) is 9.74. The molecule has 29 heavy (non-hydrogen) atoms. The molecule has 0 aliphatic rings. The van der Waals surface area contributed by atoms with Crippen LogP contribution in [0.3, 0.4) is 0 Å². The van der Waals surface area contributed by atoms with Crippen LogP contribution in [0.2, 0.25) is 0 Å². The summed E-state index contributed by atoms with van der Waals surface area (Å²) in [4.78, 5) is 22.6. The summed E-state index contributed by atoms with van der Waals surface area (Å²) in [5, 5.41) is 21.2. The number of nitrogens with one attached hydrogen (secondary N) is 1. The number of aromatic hydroxyl groups is 1. The number of phenols is 1. The zero-order chi connectivity index (χ0) is 21.9. The van der Waals surface area contributed by atoms with E-state index in [-0.39, 0.29) is 23.5 Å². The van der Waals surface area contributed by atoms with Crippen LogP contribution in [0.4, 0.5) is 5.69 Å². The van der Waals surface area contributed by atoms with Crippen LogP contribution in [-0.2, 0) is 9.59 Å². The maximum atomic E-state index is 11.6. The third-order valence-electron chi connectivity index (χ3n) is 4.67. The smallest absolute Gasteiger partial charge is 0.394 e. The Kier molecular flexibility index (Phi) is 6.90. The predicted octanol–water partition coefficient (Wildman–Crippen LogP) is 5.58. The molecule has 0 unspecified atom stereocenters. The summed E-state index contributed by atoms with van der Waals surface area (Å²) in [5.41, 5.74) is 3.03. The van der Waals surface area contributed by atoms with Gasteiger partial charge in [0.25, 0.3) is 0 Å². The third-order valence-corrected chi connectivity index (χ3v) is 4.67. The van der Waals surface area contributed by atoms with Gasteiger partial charge in [0.1, 0.15) is 17.2 Å². The zero-order valence-corrected chi connectivity index (χ0v) is 17.7. The van der Waals surface area contributed by atoms with Crippen LogP contribution in [0.1, 0.15) is 76.0 Å². The summed E-state index contributed by atoms with van der Waals surface area (Å²) in [6.07, 6.45) is 0. The standard InChI is InChI=1S/C23H29NO5/c1-12(2)17-11-16(25)7-8-20(17)29-21-18(13(3)4)9-15(10-19(21)14(5)6)24-22(26)23(27)28/h7-14,25H,1-6H3,(H,24,26)(H,27,28). The van der Waals surface area contributed by atoms with Gasteiger partial charge in [0, 0.05) is 11.3 Å². The predicted molar refractivity (Wildman–Crippen MR) is 113 cm³/mol. The number of anilines is 1. The van der Waals surface area contributed by atoms with Crippen molar-refractivity contribution in [1.82, 2.24) is 0 Å². The summed E-state index contributed by atoms with van der Waals surface area (Å²) < 4.78 is 6.38. The number of carbonyl (C=O) groups is 2. The van der Waals surface area contributed by atoms with Crippen molar-refractivity contribution < 1.29 is 24.5 Å². The van der Waals surface area contributed by atoms with Gasteiger partial charge in [-0.05, 0) is 59.2 Å². The Balaban J connectivity index is 2.62. The molecule has 0 saturated heterocycles. The molecule has 0 atom stereocenters. The highest BCUT2D eigenvalue weighted by Crippen LogP contribution is 2.42. The molecule has 0 fully saturated rings. The molecular weight excluding hydrogens is 370 g/mol. The van der Waals surface area contributed by atoms with Gasteiger partial charge in [-0.3, -0.25) is 4.79 Å². The van der Waals surface area contributed by atoms with Crippen molar-refractivity contribution in [3.63, 3.8) is 0 Å². The maximum absolute atomic E-state index is 11.6. The Bertz CT molecular complexity index is 886. The molecule has 0 saturated carbocycles. The molecule has 0 radical (unpaired) electrons. The lowest BCUT2D eigenvalue weighted by Gasteiger charge is -2.23. The van der Waals surface area contributed by atoms with E-state index in [0.717, 1.165) is 16.7 Å². The fourth-order valence-corrected chi connectivity index (χ4v) is 3.10. The number of rotatable bonds is 6. The fraction of sp³-hybridized carbons (Fsp3) is 0.391. The Hall–Kier alpha value is -3.02. The molecule has 2 aromatic carbocycles. The topological polar surface area (TPSA) is 95.9 Å². The van der Waals surface area contributed by atoms with Gasteiger partial charge in [-0.1, -0.05) is 41.5 Å². The lowest BCUT2D eigenvalue weighted by atomic mass is 9.92. The highest BCUT2D eigenvalue weighted by atomic mass is 16.5. The van der Waals surface area contributed by atoms with Gasteiger partial charge in [0.2, 0.25) is 0 Å². The number of aliphatic carboxylic acids is 1. The van der Waals surface area contributed by atoms with Crippen LogP contribution in [0.15, 0.2) is 30.3 Å². The molecule has 0 aliphatic carbocycles. The first-order chi connectivity index (χ1) is 13.5. The van der Waals surface area contributed by atoms with Crippen LogP contribution in [-0.4, -0.2) is 22.1 Å². The van der Waals surface area contributed by atoms with Gasteiger partial charge in [-0.15, -0.1) is 0 Å². The van der Waals surface area contributed by atoms with E-state index >= 15 is 0 Å². The van der Waals surface area contributed by atoms with Crippen molar-refractivity contribution in [3.8, 4) is 17.2 Å². The number of carboxylic acids is 1. The lowest BCUT2D eigenvalue weighted by Crippen LogP contribution is -2.22. The maximum Gasteiger partial charge on any atom is 0.394 e. The molecule has 2 rings (SSSR count). The van der Waals surface area contributed by atoms with E-state index in [0.29, 0.717) is 17.2 Å². The molecular formula is C23H29NO5. The summed E-state index contributed by atoms with van der Waals surface area (Å²) in [7, 11) is 0. The number of phenolic OH excluding ortho intramolecular Hbond substituents is 1. The molecule has 6 nitrogen and oxygen atoms in total. The van der Waals surface area contributed by atoms with E-state index in [4.69, 9.17) is 9.84 Å². The van der Waals surface area contributed by atoms with Gasteiger partial charge >= 0.3 is 11.9 Å². The van der Waals surface area contributed by atoms with E-state index in [9.17, 15) is 14.7 Å². The Labute approximate surface area is 171 Å². The van der Waals surface area contributed by atoms with Gasteiger partial charge < -0.3 is 20.3 Å². The van der Waals surface area contributed by atoms with Gasteiger partial charge in [0.05, 0.1) is 0 Å². The van der Waals surface area contributed by atoms with E-state index in [1.165, 1.54) is 0 Å². The highest BCUT2D eigenvalue weighted by Gasteiger charge is 2.21. The Morgan fingerprint density at radius 1 is 0.862 bits per heavy atom. The minimum atomic E-state index is -1.53. The first kappa shape index (κ1) is 22.3. The molecule has 0 bridgehead atoms. The Morgan fingerprint density at radius 3 is 1.83 bits per heavy atom. The van der Waals surface area contributed by atoms with Gasteiger partial charge in [0.15, 0.2) is 0 Å². The second-order valence-corrected chi connectivity index (χ2v) is 8.03. The fourth-order valence-electron chi connectivity index (χ4n) is 3.10. The Morgan fingerprint density at radius 2 is 1.38 bits per heavy atom. The van der Waals surface area contributed by atoms with E-state index in [1.54, 1.807) is 30.3 Å². The molecule has 156 valence electrons. The molecule has 0 spiro atoms. The first-order valence-electron chi connectivity index (χ1n) is 9.74. The summed E-state index contributed by atoms with van der Waals surface area (Å²) in [5.74, 6) is -0.790. The van der Waals surface area contributed by atoms with Crippen molar-refractivity contribution in [1.29, 1.82) is 0 Å². The number of hydrogen-bond donors (Lipinski definition) is 3. The van der Waals surface area contributed by atoms with Crippen LogP contribution in [0.5, 0.6) is 17.2 Å². The van der Waals surface area contributed by atoms with E-state index in [1.807, 2.05) is 41.5 Å². The second kappa shape index (κ2) is 8.99. The van der Waals surface area contributed by atoms with Crippen molar-refractivity contribution >= 4 is 17.6 Å². The summed E-state index contributed by atoms with van der Waals surface area (Å²) in [6.45, 7) is 12.1. The number of amides is 1. The van der Waals surface area contributed by atoms with Gasteiger partial charge in [-0.25, -0.2) is 4.79 Å². The van der Waals surface area contributed by atoms with Crippen LogP contribution < -0.4 is 10.1 Å². The number of carboxylic acid groups (broad SMARTS) is 1. The normalized spacial score (nSPS) is 11.2. The molecule has 6 heteroatoms. The molecule has 0 aliphatic heterocycles. The SMILES string of the molecule is CC(C)c1cc(O)ccc1Oc1c(C(C)C)cc(NC(=O)C(=O)O)cc1C(C)C. The molecule has 0 aromatic heterocycles. The third kappa shape index (κ3) is 5.28. The average Bonchev–Trinajstić information content (AvgIpc) is 2.63. The minimum absolute atomic E-state index is 0.0730. The van der Waals surface area contributed by atoms with Crippen molar-refractivity contribution in [2.45, 2.75) is 59.3 Å². The monoisotopic (exact) mass is 399 g/mol. The van der Waals surface area contributed by atoms with Crippen LogP contribution in [0, 0.1) is 0 Å². The lowest BCUT2D eigenvalue weighted by molar-refractivity contribution is -0.147. The van der Waals surface area contributed by atoms with Crippen molar-refractivity contribution in [2.75, 3.05) is 5.32 Å². The second-order valence-electron chi connectivity index (χ2n) is 8.03. The number of carbonyl (C=O) groups excluding carboxylic acids is 1. The zero-order valence-electron chi connectivity index (χ0n) is 17.7. The number of hydrogen-bond acceptors (Lipinski definition) is 4. The summed E-state index contributed by atoms with van der Waals surface area (Å²) >= 11 is 0. The molecule has 0 heterocycles. The van der Waals surface area contributed by atoms with Crippen LogP contribution >= 0.6 is 0 Å². The largest absolute Gasteiger partial charge is 0.508 e. The highest BCUT2D eigenvalue weighted by molar-refractivity contribution is 6.36. The molecule has 2 aromatic rings. The summed E-state index contributed by atoms with van der Waals surface area (Å²) in [6, 6.07) is 8.54.